The second kappa shape index (κ2) is 4.17. The highest BCUT2D eigenvalue weighted by Gasteiger charge is 2.40. The van der Waals surface area contributed by atoms with Crippen LogP contribution in [0, 0.1) is 5.92 Å². The zero-order valence-corrected chi connectivity index (χ0v) is 10.8. The minimum atomic E-state index is 0.383. The van der Waals surface area contributed by atoms with Gasteiger partial charge in [-0.25, -0.2) is 9.97 Å². The third-order valence-electron chi connectivity index (χ3n) is 3.81. The molecule has 1 aliphatic carbocycles. The van der Waals surface area contributed by atoms with E-state index in [1.807, 2.05) is 0 Å². The number of aromatic nitrogens is 2. The quantitative estimate of drug-likeness (QED) is 0.922. The van der Waals surface area contributed by atoms with Crippen molar-refractivity contribution in [1.29, 1.82) is 0 Å². The predicted octanol–water partition coefficient (Wildman–Crippen LogP) is 2.67. The van der Waals surface area contributed by atoms with Crippen molar-refractivity contribution in [3.8, 4) is 0 Å². The van der Waals surface area contributed by atoms with Gasteiger partial charge >= 0.3 is 0 Å². The van der Waals surface area contributed by atoms with Crippen molar-refractivity contribution in [3.63, 3.8) is 0 Å². The van der Waals surface area contributed by atoms with Crippen molar-refractivity contribution < 1.29 is 4.74 Å². The summed E-state index contributed by atoms with van der Waals surface area (Å²) in [4.78, 5) is 9.72. The number of nitrogens with zero attached hydrogens (tertiary/aromatic N) is 2. The van der Waals surface area contributed by atoms with Gasteiger partial charge < -0.3 is 10.1 Å². The fourth-order valence-electron chi connectivity index (χ4n) is 2.74. The Hall–Kier alpha value is -1.20. The Bertz CT molecular complexity index is 566. The largest absolute Gasteiger partial charge is 0.376 e. The second-order valence-electron chi connectivity index (χ2n) is 5.07. The smallest absolute Gasteiger partial charge is 0.138 e. The van der Waals surface area contributed by atoms with E-state index < -0.39 is 0 Å². The molecule has 2 aromatic rings. The minimum absolute atomic E-state index is 0.383. The summed E-state index contributed by atoms with van der Waals surface area (Å²) in [6, 6.07) is 2.50. The van der Waals surface area contributed by atoms with Crippen LogP contribution in [0.25, 0.3) is 10.2 Å². The van der Waals surface area contributed by atoms with Gasteiger partial charge in [-0.05, 0) is 36.6 Å². The van der Waals surface area contributed by atoms with E-state index in [4.69, 9.17) is 4.74 Å². The molecule has 0 aromatic carbocycles. The molecular formula is C13H15N3OS. The Kier molecular flexibility index (Phi) is 2.48. The van der Waals surface area contributed by atoms with Gasteiger partial charge in [-0.2, -0.15) is 0 Å². The Labute approximate surface area is 109 Å². The van der Waals surface area contributed by atoms with Gasteiger partial charge in [0, 0.05) is 6.61 Å². The first-order valence-electron chi connectivity index (χ1n) is 6.48. The van der Waals surface area contributed by atoms with Crippen LogP contribution in [0.5, 0.6) is 0 Å². The summed E-state index contributed by atoms with van der Waals surface area (Å²) >= 11 is 1.66. The standard InChI is InChI=1S/C13H15N3OS/c1-2-8(1)11-10(3-5-17-11)16-12-9-4-6-18-13(9)15-7-14-12/h4,6-8,10-11H,1-3,5H2,(H,14,15,16). The summed E-state index contributed by atoms with van der Waals surface area (Å²) in [7, 11) is 0. The molecule has 1 aliphatic heterocycles. The molecule has 5 heteroatoms. The summed E-state index contributed by atoms with van der Waals surface area (Å²) in [6.07, 6.45) is 5.74. The molecule has 3 heterocycles. The van der Waals surface area contributed by atoms with E-state index in [0.717, 1.165) is 35.0 Å². The first-order chi connectivity index (χ1) is 8.92. The van der Waals surface area contributed by atoms with Gasteiger partial charge in [0.05, 0.1) is 17.5 Å². The number of rotatable bonds is 3. The Balaban J connectivity index is 1.61. The maximum Gasteiger partial charge on any atom is 0.138 e. The number of hydrogen-bond donors (Lipinski definition) is 1. The molecule has 2 fully saturated rings. The molecule has 0 spiro atoms. The topological polar surface area (TPSA) is 47.0 Å². The third kappa shape index (κ3) is 1.78. The van der Waals surface area contributed by atoms with Gasteiger partial charge in [-0.1, -0.05) is 0 Å². The van der Waals surface area contributed by atoms with Crippen molar-refractivity contribution in [2.45, 2.75) is 31.4 Å². The van der Waals surface area contributed by atoms with Crippen LogP contribution in [0.3, 0.4) is 0 Å². The van der Waals surface area contributed by atoms with Crippen molar-refractivity contribution in [3.05, 3.63) is 17.8 Å². The van der Waals surface area contributed by atoms with Crippen LogP contribution in [0.2, 0.25) is 0 Å². The van der Waals surface area contributed by atoms with Crippen LogP contribution in [-0.4, -0.2) is 28.7 Å². The molecule has 1 N–H and O–H groups in total. The first kappa shape index (κ1) is 10.7. The van der Waals surface area contributed by atoms with Crippen LogP contribution in [-0.2, 0) is 4.74 Å². The normalized spacial score (nSPS) is 27.8. The van der Waals surface area contributed by atoms with Gasteiger partial charge in [0.15, 0.2) is 0 Å². The molecule has 94 valence electrons. The number of nitrogens with one attached hydrogen (secondary N) is 1. The molecule has 0 radical (unpaired) electrons. The molecule has 0 bridgehead atoms. The number of hydrogen-bond acceptors (Lipinski definition) is 5. The molecule has 1 saturated heterocycles. The van der Waals surface area contributed by atoms with Gasteiger partial charge in [0.2, 0.25) is 0 Å². The maximum atomic E-state index is 5.85. The van der Waals surface area contributed by atoms with Crippen LogP contribution in [0.1, 0.15) is 19.3 Å². The molecule has 2 aromatic heterocycles. The lowest BCUT2D eigenvalue weighted by atomic mass is 10.1. The van der Waals surface area contributed by atoms with Crippen molar-refractivity contribution in [1.82, 2.24) is 9.97 Å². The molecule has 2 atom stereocenters. The number of fused-ring (bicyclic) bond motifs is 1. The van der Waals surface area contributed by atoms with E-state index in [1.165, 1.54) is 12.8 Å². The molecule has 4 nitrogen and oxygen atoms in total. The fourth-order valence-corrected chi connectivity index (χ4v) is 3.47. The van der Waals surface area contributed by atoms with Gasteiger partial charge in [-0.3, -0.25) is 0 Å². The summed E-state index contributed by atoms with van der Waals surface area (Å²) in [5, 5.41) is 6.76. The molecule has 4 rings (SSSR count). The van der Waals surface area contributed by atoms with Crippen molar-refractivity contribution in [2.24, 2.45) is 5.92 Å². The maximum absolute atomic E-state index is 5.85. The van der Waals surface area contributed by atoms with E-state index in [9.17, 15) is 0 Å². The van der Waals surface area contributed by atoms with Gasteiger partial charge in [-0.15, -0.1) is 11.3 Å². The average Bonchev–Trinajstić information content (AvgIpc) is 2.93. The Morgan fingerprint density at radius 2 is 2.22 bits per heavy atom. The molecule has 0 amide bonds. The highest BCUT2D eigenvalue weighted by atomic mass is 32.1. The lowest BCUT2D eigenvalue weighted by molar-refractivity contribution is 0.0898. The van der Waals surface area contributed by atoms with E-state index in [1.54, 1.807) is 17.7 Å². The van der Waals surface area contributed by atoms with Crippen LogP contribution < -0.4 is 5.32 Å². The molecule has 2 aliphatic rings. The Morgan fingerprint density at radius 3 is 3.11 bits per heavy atom. The monoisotopic (exact) mass is 261 g/mol. The molecule has 2 unspecified atom stereocenters. The molecule has 18 heavy (non-hydrogen) atoms. The summed E-state index contributed by atoms with van der Waals surface area (Å²) in [6.45, 7) is 0.872. The molecular weight excluding hydrogens is 246 g/mol. The van der Waals surface area contributed by atoms with Crippen LogP contribution in [0.4, 0.5) is 5.82 Å². The van der Waals surface area contributed by atoms with E-state index in [2.05, 4.69) is 26.7 Å². The van der Waals surface area contributed by atoms with Gasteiger partial charge in [0.1, 0.15) is 17.0 Å². The highest BCUT2D eigenvalue weighted by Crippen LogP contribution is 2.40. The SMILES string of the molecule is c1nc(NC2CCOC2C2CC2)c2ccsc2n1. The summed E-state index contributed by atoms with van der Waals surface area (Å²) < 4.78 is 5.85. The second-order valence-corrected chi connectivity index (χ2v) is 5.97. The van der Waals surface area contributed by atoms with Crippen molar-refractivity contribution in [2.75, 3.05) is 11.9 Å². The summed E-state index contributed by atoms with van der Waals surface area (Å²) in [5.74, 6) is 1.73. The van der Waals surface area contributed by atoms with Crippen LogP contribution in [0.15, 0.2) is 17.8 Å². The first-order valence-corrected chi connectivity index (χ1v) is 7.36. The van der Waals surface area contributed by atoms with E-state index in [-0.39, 0.29) is 0 Å². The number of anilines is 1. The fraction of sp³-hybridized carbons (Fsp3) is 0.538. The zero-order chi connectivity index (χ0) is 11.9. The summed E-state index contributed by atoms with van der Waals surface area (Å²) in [5.41, 5.74) is 0. The lowest BCUT2D eigenvalue weighted by Gasteiger charge is -2.20. The van der Waals surface area contributed by atoms with Gasteiger partial charge in [0.25, 0.3) is 0 Å². The Morgan fingerprint density at radius 1 is 1.28 bits per heavy atom. The average molecular weight is 261 g/mol. The zero-order valence-electron chi connectivity index (χ0n) is 10.0. The van der Waals surface area contributed by atoms with Crippen LogP contribution >= 0.6 is 11.3 Å². The predicted molar refractivity (Wildman–Crippen MR) is 71.9 cm³/mol. The lowest BCUT2D eigenvalue weighted by Crippen LogP contribution is -2.31. The number of thiophene rings is 1. The van der Waals surface area contributed by atoms with E-state index >= 15 is 0 Å². The van der Waals surface area contributed by atoms with E-state index in [0.29, 0.717) is 12.1 Å². The third-order valence-corrected chi connectivity index (χ3v) is 4.63. The van der Waals surface area contributed by atoms with Crippen molar-refractivity contribution >= 4 is 27.4 Å². The highest BCUT2D eigenvalue weighted by molar-refractivity contribution is 7.16. The molecule has 1 saturated carbocycles. The minimum Gasteiger partial charge on any atom is -0.376 e. The number of ether oxygens (including phenoxy) is 1.